The lowest BCUT2D eigenvalue weighted by Gasteiger charge is -2.29. The number of anilines is 1. The lowest BCUT2D eigenvalue weighted by atomic mass is 9.76. The maximum atomic E-state index is 13.8. The first kappa shape index (κ1) is 16.2. The van der Waals surface area contributed by atoms with Gasteiger partial charge >= 0.3 is 0 Å². The number of rotatable bonds is 3. The van der Waals surface area contributed by atoms with Crippen LogP contribution in [0.25, 0.3) is 0 Å². The third kappa shape index (κ3) is 1.95. The second-order valence-corrected chi connectivity index (χ2v) is 6.71. The Morgan fingerprint density at radius 1 is 1.28 bits per heavy atom. The molecule has 25 heavy (non-hydrogen) atoms. The number of nitrogens with one attached hydrogen (secondary N) is 2. The van der Waals surface area contributed by atoms with Crippen molar-refractivity contribution in [2.45, 2.75) is 18.5 Å². The molecule has 3 aliphatic heterocycles. The number of carbonyl (C=O) groups is 3. The highest BCUT2D eigenvalue weighted by atomic mass is 19.1. The predicted molar refractivity (Wildman–Crippen MR) is 84.9 cm³/mol. The van der Waals surface area contributed by atoms with E-state index in [1.54, 1.807) is 6.92 Å². The Labute approximate surface area is 143 Å². The minimum atomic E-state index is -1.42. The van der Waals surface area contributed by atoms with Crippen LogP contribution in [0.4, 0.5) is 10.1 Å². The zero-order valence-electron chi connectivity index (χ0n) is 13.8. The number of ether oxygens (including phenoxy) is 1. The van der Waals surface area contributed by atoms with Crippen molar-refractivity contribution < 1.29 is 23.5 Å². The van der Waals surface area contributed by atoms with Gasteiger partial charge < -0.3 is 10.1 Å². The summed E-state index contributed by atoms with van der Waals surface area (Å²) in [6.45, 7) is 2.13. The summed E-state index contributed by atoms with van der Waals surface area (Å²) < 4.78 is 18.8. The molecule has 0 radical (unpaired) electrons. The van der Waals surface area contributed by atoms with E-state index in [4.69, 9.17) is 4.74 Å². The van der Waals surface area contributed by atoms with Crippen LogP contribution < -0.4 is 10.6 Å². The van der Waals surface area contributed by atoms with Gasteiger partial charge in [0.1, 0.15) is 11.4 Å². The van der Waals surface area contributed by atoms with Gasteiger partial charge in [0, 0.05) is 24.4 Å². The van der Waals surface area contributed by atoms with Crippen LogP contribution in [0.15, 0.2) is 18.2 Å². The Balaban J connectivity index is 1.83. The number of benzene rings is 1. The molecule has 1 spiro atoms. The van der Waals surface area contributed by atoms with E-state index in [1.165, 1.54) is 25.3 Å². The van der Waals surface area contributed by atoms with Gasteiger partial charge in [-0.2, -0.15) is 0 Å². The molecule has 0 aliphatic carbocycles. The molecule has 1 aromatic rings. The van der Waals surface area contributed by atoms with Gasteiger partial charge in [-0.3, -0.25) is 24.6 Å². The van der Waals surface area contributed by atoms with E-state index in [1.807, 2.05) is 0 Å². The molecular weight excluding hydrogens is 329 g/mol. The standard InChI is InChI=1S/C17H18FN3O4/c1-8-12-13(15(23)21(14(12)22)5-6-25-2)17(20-8)10-7-9(18)3-4-11(10)19-16(17)24/h3-4,7-8,12-13,20H,5-6H2,1-2H3,(H,19,24)/t8-,12-,13+,17-/m1/s1. The van der Waals surface area contributed by atoms with Crippen LogP contribution in [0.1, 0.15) is 12.5 Å². The van der Waals surface area contributed by atoms with Crippen molar-refractivity contribution in [2.75, 3.05) is 25.6 Å². The Bertz CT molecular complexity index is 798. The van der Waals surface area contributed by atoms with E-state index < -0.39 is 41.0 Å². The number of hydrogen-bond donors (Lipinski definition) is 2. The minimum absolute atomic E-state index is 0.140. The number of hydrogen-bond acceptors (Lipinski definition) is 5. The van der Waals surface area contributed by atoms with E-state index in [9.17, 15) is 18.8 Å². The van der Waals surface area contributed by atoms with Gasteiger partial charge in [0.05, 0.1) is 25.0 Å². The molecule has 7 nitrogen and oxygen atoms in total. The van der Waals surface area contributed by atoms with Crippen LogP contribution in [-0.4, -0.2) is 48.9 Å². The average Bonchev–Trinajstić information content (AvgIpc) is 3.12. The largest absolute Gasteiger partial charge is 0.383 e. The maximum absolute atomic E-state index is 13.8. The van der Waals surface area contributed by atoms with Gasteiger partial charge in [-0.1, -0.05) is 0 Å². The molecule has 1 aromatic carbocycles. The van der Waals surface area contributed by atoms with Gasteiger partial charge in [0.15, 0.2) is 0 Å². The number of methoxy groups -OCH3 is 1. The molecular formula is C17H18FN3O4. The quantitative estimate of drug-likeness (QED) is 0.764. The van der Waals surface area contributed by atoms with Gasteiger partial charge in [-0.15, -0.1) is 0 Å². The molecule has 3 amide bonds. The monoisotopic (exact) mass is 347 g/mol. The number of fused-ring (bicyclic) bond motifs is 4. The highest BCUT2D eigenvalue weighted by molar-refractivity contribution is 6.15. The second-order valence-electron chi connectivity index (χ2n) is 6.71. The van der Waals surface area contributed by atoms with Crippen molar-refractivity contribution in [3.05, 3.63) is 29.6 Å². The third-order valence-corrected chi connectivity index (χ3v) is 5.43. The average molecular weight is 347 g/mol. The lowest BCUT2D eigenvalue weighted by Crippen LogP contribution is -2.53. The summed E-state index contributed by atoms with van der Waals surface area (Å²) in [5.74, 6) is -3.22. The fourth-order valence-corrected chi connectivity index (χ4v) is 4.40. The summed E-state index contributed by atoms with van der Waals surface area (Å²) in [6, 6.07) is 3.58. The first-order valence-electron chi connectivity index (χ1n) is 8.15. The van der Waals surface area contributed by atoms with E-state index in [2.05, 4.69) is 10.6 Å². The third-order valence-electron chi connectivity index (χ3n) is 5.43. The number of amides is 3. The van der Waals surface area contributed by atoms with Crippen molar-refractivity contribution in [1.29, 1.82) is 0 Å². The predicted octanol–water partition coefficient (Wildman–Crippen LogP) is 0.212. The number of nitrogens with zero attached hydrogens (tertiary/aromatic N) is 1. The number of imide groups is 1. The molecule has 4 atom stereocenters. The fraction of sp³-hybridized carbons (Fsp3) is 0.471. The molecule has 132 valence electrons. The van der Waals surface area contributed by atoms with Gasteiger partial charge in [0.2, 0.25) is 17.7 Å². The molecule has 4 rings (SSSR count). The second kappa shape index (κ2) is 5.34. The lowest BCUT2D eigenvalue weighted by molar-refractivity contribution is -0.143. The molecule has 0 saturated carbocycles. The van der Waals surface area contributed by atoms with Crippen LogP contribution in [0.5, 0.6) is 0 Å². The molecule has 3 aliphatic rings. The first-order chi connectivity index (χ1) is 11.9. The Hall–Kier alpha value is -2.32. The summed E-state index contributed by atoms with van der Waals surface area (Å²) in [7, 11) is 1.49. The summed E-state index contributed by atoms with van der Waals surface area (Å²) >= 11 is 0. The van der Waals surface area contributed by atoms with Crippen molar-refractivity contribution in [3.8, 4) is 0 Å². The van der Waals surface area contributed by atoms with Gasteiger partial charge in [0.25, 0.3) is 0 Å². The van der Waals surface area contributed by atoms with E-state index in [0.717, 1.165) is 4.90 Å². The van der Waals surface area contributed by atoms with Crippen LogP contribution >= 0.6 is 0 Å². The first-order valence-corrected chi connectivity index (χ1v) is 8.15. The minimum Gasteiger partial charge on any atom is -0.383 e. The number of likely N-dealkylation sites (tertiary alicyclic amines) is 1. The van der Waals surface area contributed by atoms with Crippen LogP contribution in [0.3, 0.4) is 0 Å². The molecule has 2 N–H and O–H groups in total. The highest BCUT2D eigenvalue weighted by Gasteiger charge is 2.69. The molecule has 0 bridgehead atoms. The topological polar surface area (TPSA) is 87.7 Å². The summed E-state index contributed by atoms with van der Waals surface area (Å²) in [4.78, 5) is 39.7. The normalized spacial score (nSPS) is 33.2. The summed E-state index contributed by atoms with van der Waals surface area (Å²) in [6.07, 6.45) is 0. The molecule has 8 heteroatoms. The Kier molecular flexibility index (Phi) is 3.45. The Morgan fingerprint density at radius 3 is 2.76 bits per heavy atom. The fourth-order valence-electron chi connectivity index (χ4n) is 4.40. The molecule has 0 unspecified atom stereocenters. The molecule has 2 saturated heterocycles. The molecule has 2 fully saturated rings. The molecule has 0 aromatic heterocycles. The van der Waals surface area contributed by atoms with E-state index >= 15 is 0 Å². The SMILES string of the molecule is COCCN1C(=O)[C@H]2[C@@H](C1=O)[C@@]1(N[C@@H]2C)C(=O)Nc2ccc(F)cc21. The van der Waals surface area contributed by atoms with Crippen LogP contribution in [-0.2, 0) is 24.7 Å². The summed E-state index contributed by atoms with van der Waals surface area (Å²) in [5, 5.41) is 5.83. The van der Waals surface area contributed by atoms with Crippen LogP contribution in [0, 0.1) is 17.7 Å². The van der Waals surface area contributed by atoms with Gasteiger partial charge in [-0.25, -0.2) is 4.39 Å². The van der Waals surface area contributed by atoms with Gasteiger partial charge in [-0.05, 0) is 25.1 Å². The summed E-state index contributed by atoms with van der Waals surface area (Å²) in [5.41, 5.74) is -0.579. The van der Waals surface area contributed by atoms with Crippen molar-refractivity contribution in [3.63, 3.8) is 0 Å². The van der Waals surface area contributed by atoms with E-state index in [0.29, 0.717) is 11.3 Å². The highest BCUT2D eigenvalue weighted by Crippen LogP contribution is 2.52. The Morgan fingerprint density at radius 2 is 2.04 bits per heavy atom. The number of carbonyl (C=O) groups excluding carboxylic acids is 3. The zero-order chi connectivity index (χ0) is 17.9. The van der Waals surface area contributed by atoms with Crippen molar-refractivity contribution >= 4 is 23.4 Å². The van der Waals surface area contributed by atoms with Crippen LogP contribution in [0.2, 0.25) is 0 Å². The smallest absolute Gasteiger partial charge is 0.250 e. The molecule has 3 heterocycles. The van der Waals surface area contributed by atoms with Crippen molar-refractivity contribution in [1.82, 2.24) is 10.2 Å². The van der Waals surface area contributed by atoms with E-state index in [-0.39, 0.29) is 19.1 Å². The zero-order valence-corrected chi connectivity index (χ0v) is 13.8. The maximum Gasteiger partial charge on any atom is 0.250 e. The van der Waals surface area contributed by atoms with Crippen molar-refractivity contribution in [2.24, 2.45) is 11.8 Å². The number of halogens is 1.